The molecule has 6 atom stereocenters. The highest BCUT2D eigenvalue weighted by Crippen LogP contribution is 2.59. The van der Waals surface area contributed by atoms with Gasteiger partial charge in [0.05, 0.1) is 12.2 Å². The number of fused-ring (bicyclic) bond motifs is 1. The number of rotatable bonds is 3. The normalized spacial score (nSPS) is 34.9. The van der Waals surface area contributed by atoms with Gasteiger partial charge in [-0.05, 0) is 78.8 Å². The molecule has 202 valence electrons. The van der Waals surface area contributed by atoms with Crippen LogP contribution < -0.4 is 0 Å². The zero-order valence-corrected chi connectivity index (χ0v) is 20.5. The molecule has 0 unspecified atom stereocenters. The second-order valence-electron chi connectivity index (χ2n) is 10.9. The third-order valence-corrected chi connectivity index (χ3v) is 8.50. The summed E-state index contributed by atoms with van der Waals surface area (Å²) in [5.74, 6) is 3.11. The summed E-state index contributed by atoms with van der Waals surface area (Å²) in [6, 6.07) is 0. The summed E-state index contributed by atoms with van der Waals surface area (Å²) in [6.07, 6.45) is -4.53. The lowest BCUT2D eigenvalue weighted by Crippen LogP contribution is -2.55. The van der Waals surface area contributed by atoms with Gasteiger partial charge in [-0.3, -0.25) is 0 Å². The van der Waals surface area contributed by atoms with Gasteiger partial charge < -0.3 is 15.3 Å². The molecule has 0 aromatic carbocycles. The molecule has 0 spiro atoms. The Kier molecular flexibility index (Phi) is 8.15. The Morgan fingerprint density at radius 1 is 1.11 bits per heavy atom. The molecule has 0 aromatic heterocycles. The van der Waals surface area contributed by atoms with Crippen LogP contribution in [0.1, 0.15) is 65.2 Å². The van der Waals surface area contributed by atoms with E-state index in [-0.39, 0.29) is 36.0 Å². The standard InChI is InChI=1S/C27H34F6O3/c1-16(6-4-13-25(36,26(28,29)30)27(31,32)33)21-10-11-22-18(7-5-12-24(21,22)3)8-9-19-14-20(34)15-23(35)17(19)2/h8-9,16,20-23,34-36H,2,5-7,10-12,14-15H2,1,3H3/b18-8+,19-9+/t16-,20-,21-,22+,23+,24-/m1/s1. The Bertz CT molecular complexity index is 953. The van der Waals surface area contributed by atoms with E-state index in [0.717, 1.165) is 43.6 Å². The molecular formula is C27H34F6O3. The Hall–Kier alpha value is -1.76. The van der Waals surface area contributed by atoms with Crippen molar-refractivity contribution in [3.8, 4) is 11.8 Å². The summed E-state index contributed by atoms with van der Waals surface area (Å²) in [4.78, 5) is 0. The van der Waals surface area contributed by atoms with Crippen LogP contribution in [0.2, 0.25) is 0 Å². The van der Waals surface area contributed by atoms with Crippen molar-refractivity contribution in [3.63, 3.8) is 0 Å². The maximum atomic E-state index is 12.9. The molecule has 3 aliphatic carbocycles. The summed E-state index contributed by atoms with van der Waals surface area (Å²) in [5.41, 5.74) is -2.58. The van der Waals surface area contributed by atoms with Crippen LogP contribution in [0.4, 0.5) is 26.3 Å². The van der Waals surface area contributed by atoms with Crippen LogP contribution in [0.5, 0.6) is 0 Å². The third-order valence-electron chi connectivity index (χ3n) is 8.50. The second kappa shape index (κ2) is 10.2. The lowest BCUT2D eigenvalue weighted by Gasteiger charge is -2.44. The van der Waals surface area contributed by atoms with Gasteiger partial charge in [0.15, 0.2) is 0 Å². The highest BCUT2D eigenvalue weighted by Gasteiger charge is 2.70. The van der Waals surface area contributed by atoms with Crippen molar-refractivity contribution in [2.24, 2.45) is 23.2 Å². The average Bonchev–Trinajstić information content (AvgIpc) is 3.11. The maximum absolute atomic E-state index is 12.9. The van der Waals surface area contributed by atoms with Crippen LogP contribution >= 0.6 is 0 Å². The molecule has 3 nitrogen and oxygen atoms in total. The van der Waals surface area contributed by atoms with Crippen LogP contribution in [0.25, 0.3) is 0 Å². The molecule has 3 fully saturated rings. The minimum atomic E-state index is -5.95. The first-order valence-electron chi connectivity index (χ1n) is 12.3. The van der Waals surface area contributed by atoms with E-state index in [1.54, 1.807) is 6.92 Å². The van der Waals surface area contributed by atoms with E-state index in [0.29, 0.717) is 12.0 Å². The number of allylic oxidation sites excluding steroid dienone is 3. The molecule has 0 aromatic rings. The van der Waals surface area contributed by atoms with Gasteiger partial charge in [0.2, 0.25) is 0 Å². The summed E-state index contributed by atoms with van der Waals surface area (Å²) in [7, 11) is 0. The first-order chi connectivity index (χ1) is 16.5. The molecule has 0 radical (unpaired) electrons. The van der Waals surface area contributed by atoms with Crippen LogP contribution in [0.15, 0.2) is 35.5 Å². The monoisotopic (exact) mass is 520 g/mol. The van der Waals surface area contributed by atoms with Crippen LogP contribution in [-0.2, 0) is 0 Å². The lowest BCUT2D eigenvalue weighted by molar-refractivity contribution is -0.343. The highest BCUT2D eigenvalue weighted by molar-refractivity contribution is 5.38. The number of aliphatic hydroxyl groups is 3. The maximum Gasteiger partial charge on any atom is 0.438 e. The zero-order chi connectivity index (χ0) is 27.1. The molecular weight excluding hydrogens is 486 g/mol. The molecule has 0 amide bonds. The quantitative estimate of drug-likeness (QED) is 0.315. The predicted molar refractivity (Wildman–Crippen MR) is 123 cm³/mol. The smallest absolute Gasteiger partial charge is 0.393 e. The highest BCUT2D eigenvalue weighted by atomic mass is 19.4. The van der Waals surface area contributed by atoms with Gasteiger partial charge in [0.1, 0.15) is 0 Å². The van der Waals surface area contributed by atoms with E-state index < -0.39 is 30.2 Å². The molecule has 9 heteroatoms. The van der Waals surface area contributed by atoms with Crippen molar-refractivity contribution in [1.29, 1.82) is 0 Å². The number of hydrogen-bond donors (Lipinski definition) is 3. The molecule has 36 heavy (non-hydrogen) atoms. The fourth-order valence-corrected chi connectivity index (χ4v) is 6.46. The van der Waals surface area contributed by atoms with Crippen molar-refractivity contribution in [3.05, 3.63) is 35.5 Å². The minimum Gasteiger partial charge on any atom is -0.393 e. The van der Waals surface area contributed by atoms with Gasteiger partial charge in [-0.25, -0.2) is 0 Å². The van der Waals surface area contributed by atoms with E-state index >= 15 is 0 Å². The van der Waals surface area contributed by atoms with E-state index in [9.17, 15) is 41.7 Å². The molecule has 3 saturated carbocycles. The fraction of sp³-hybridized carbons (Fsp3) is 0.704. The number of alkyl halides is 6. The van der Waals surface area contributed by atoms with Gasteiger partial charge >= 0.3 is 18.0 Å². The van der Waals surface area contributed by atoms with Crippen LogP contribution in [0, 0.1) is 35.0 Å². The van der Waals surface area contributed by atoms with Crippen molar-refractivity contribution < 1.29 is 41.7 Å². The summed E-state index contributed by atoms with van der Waals surface area (Å²) < 4.78 is 77.5. The fourth-order valence-electron chi connectivity index (χ4n) is 6.46. The topological polar surface area (TPSA) is 60.7 Å². The Balaban J connectivity index is 1.77. The average molecular weight is 521 g/mol. The molecule has 3 rings (SSSR count). The molecule has 0 heterocycles. The zero-order valence-electron chi connectivity index (χ0n) is 20.5. The van der Waals surface area contributed by atoms with Crippen LogP contribution in [-0.4, -0.2) is 45.5 Å². The van der Waals surface area contributed by atoms with Crippen LogP contribution in [0.3, 0.4) is 0 Å². The summed E-state index contributed by atoms with van der Waals surface area (Å²) in [5, 5.41) is 29.3. The van der Waals surface area contributed by atoms with Crippen molar-refractivity contribution in [2.45, 2.75) is 95.4 Å². The number of halogens is 6. The van der Waals surface area contributed by atoms with Crippen molar-refractivity contribution in [2.75, 3.05) is 0 Å². The van der Waals surface area contributed by atoms with Crippen molar-refractivity contribution >= 4 is 0 Å². The minimum absolute atomic E-state index is 0.0614. The first-order valence-corrected chi connectivity index (χ1v) is 12.3. The lowest BCUT2D eigenvalue weighted by atomic mass is 9.61. The van der Waals surface area contributed by atoms with Gasteiger partial charge in [0, 0.05) is 12.8 Å². The Labute approximate surface area is 208 Å². The Morgan fingerprint density at radius 2 is 1.75 bits per heavy atom. The van der Waals surface area contributed by atoms with Gasteiger partial charge in [0.25, 0.3) is 0 Å². The summed E-state index contributed by atoms with van der Waals surface area (Å²) >= 11 is 0. The number of hydrogen-bond acceptors (Lipinski definition) is 3. The van der Waals surface area contributed by atoms with Crippen molar-refractivity contribution in [1.82, 2.24) is 0 Å². The van der Waals surface area contributed by atoms with Gasteiger partial charge in [-0.1, -0.05) is 44.1 Å². The molecule has 3 N–H and O–H groups in total. The molecule has 0 bridgehead atoms. The largest absolute Gasteiger partial charge is 0.438 e. The second-order valence-corrected chi connectivity index (χ2v) is 10.9. The first kappa shape index (κ1) is 28.8. The molecule has 0 saturated heterocycles. The van der Waals surface area contributed by atoms with E-state index in [1.807, 2.05) is 18.1 Å². The van der Waals surface area contributed by atoms with Gasteiger partial charge in [-0.15, -0.1) is 0 Å². The van der Waals surface area contributed by atoms with E-state index in [1.165, 1.54) is 5.57 Å². The Morgan fingerprint density at radius 3 is 2.36 bits per heavy atom. The van der Waals surface area contributed by atoms with E-state index in [2.05, 4.69) is 13.5 Å². The third kappa shape index (κ3) is 5.41. The van der Waals surface area contributed by atoms with Gasteiger partial charge in [-0.2, -0.15) is 26.3 Å². The van der Waals surface area contributed by atoms with E-state index in [4.69, 9.17) is 0 Å². The number of aliphatic hydroxyl groups excluding tert-OH is 2. The molecule has 0 aliphatic heterocycles. The molecule has 3 aliphatic rings. The SMILES string of the molecule is C=C1/C(=C/C=C2\CCC[C@]3(C)[C@@H]([C@H](C)CC#CC(O)(C(F)(F)F)C(F)(F)F)CC[C@@H]23)C[C@@H](O)C[C@@H]1O. The predicted octanol–water partition coefficient (Wildman–Crippen LogP) is 6.01. The summed E-state index contributed by atoms with van der Waals surface area (Å²) in [6.45, 7) is 7.86.